The number of pyridine rings is 1. The van der Waals surface area contributed by atoms with E-state index in [4.69, 9.17) is 5.11 Å². The lowest BCUT2D eigenvalue weighted by molar-refractivity contribution is 0.0696. The van der Waals surface area contributed by atoms with Gasteiger partial charge >= 0.3 is 5.97 Å². The molecule has 5 nitrogen and oxygen atoms in total. The Morgan fingerprint density at radius 3 is 2.55 bits per heavy atom. The van der Waals surface area contributed by atoms with Crippen LogP contribution in [0.2, 0.25) is 0 Å². The Morgan fingerprint density at radius 2 is 2.00 bits per heavy atom. The molecule has 0 fully saturated rings. The van der Waals surface area contributed by atoms with E-state index in [1.165, 1.54) is 24.3 Å². The average molecular weight is 274 g/mol. The highest BCUT2D eigenvalue weighted by Crippen LogP contribution is 2.16. The number of hydrogen-bond donors (Lipinski definition) is 2. The zero-order valence-corrected chi connectivity index (χ0v) is 10.6. The molecule has 0 saturated carbocycles. The van der Waals surface area contributed by atoms with Gasteiger partial charge in [0, 0.05) is 6.20 Å². The molecule has 0 saturated heterocycles. The van der Waals surface area contributed by atoms with Crippen molar-refractivity contribution in [3.63, 3.8) is 0 Å². The third-order valence-corrected chi connectivity index (χ3v) is 2.62. The number of aryl methyl sites for hydroxylation is 1. The lowest BCUT2D eigenvalue weighted by atomic mass is 10.2. The van der Waals surface area contributed by atoms with E-state index in [9.17, 15) is 14.0 Å². The number of nitrogens with one attached hydrogen (secondary N) is 1. The van der Waals surface area contributed by atoms with Gasteiger partial charge in [-0.1, -0.05) is 6.07 Å². The standard InChI is InChI=1S/C14H11FN2O3/c1-8-2-4-11(10(15)6-8)17-13(18)12-5-3-9(7-16-12)14(19)20/h2-7H,1H3,(H,17,18)(H,19,20). The van der Waals surface area contributed by atoms with Crippen molar-refractivity contribution in [1.29, 1.82) is 0 Å². The molecule has 0 unspecified atom stereocenters. The van der Waals surface area contributed by atoms with Gasteiger partial charge in [-0.25, -0.2) is 9.18 Å². The van der Waals surface area contributed by atoms with Crippen LogP contribution in [0.25, 0.3) is 0 Å². The predicted molar refractivity (Wildman–Crippen MR) is 70.3 cm³/mol. The van der Waals surface area contributed by atoms with Gasteiger partial charge in [-0.3, -0.25) is 9.78 Å². The Hall–Kier alpha value is -2.76. The molecular weight excluding hydrogens is 263 g/mol. The number of carboxylic acids is 1. The average Bonchev–Trinajstić information content (AvgIpc) is 2.42. The molecule has 1 amide bonds. The number of carbonyl (C=O) groups is 2. The highest BCUT2D eigenvalue weighted by Gasteiger charge is 2.11. The largest absolute Gasteiger partial charge is 0.478 e. The number of nitrogens with zero attached hydrogens (tertiary/aromatic N) is 1. The fourth-order valence-corrected chi connectivity index (χ4v) is 1.56. The maximum absolute atomic E-state index is 13.6. The van der Waals surface area contributed by atoms with E-state index in [0.717, 1.165) is 11.8 Å². The number of carboxylic acid groups (broad SMARTS) is 1. The highest BCUT2D eigenvalue weighted by molar-refractivity contribution is 6.03. The number of aromatic carboxylic acids is 1. The van der Waals surface area contributed by atoms with Gasteiger partial charge in [0.1, 0.15) is 11.5 Å². The van der Waals surface area contributed by atoms with E-state index in [2.05, 4.69) is 10.3 Å². The molecule has 20 heavy (non-hydrogen) atoms. The maximum atomic E-state index is 13.6. The summed E-state index contributed by atoms with van der Waals surface area (Å²) in [6, 6.07) is 6.95. The van der Waals surface area contributed by atoms with Gasteiger partial charge in [0.25, 0.3) is 5.91 Å². The van der Waals surface area contributed by atoms with Crippen LogP contribution in [0, 0.1) is 12.7 Å². The van der Waals surface area contributed by atoms with Crippen molar-refractivity contribution in [2.75, 3.05) is 5.32 Å². The SMILES string of the molecule is Cc1ccc(NC(=O)c2ccc(C(=O)O)cn2)c(F)c1. The summed E-state index contributed by atoms with van der Waals surface area (Å²) in [7, 11) is 0. The Bertz CT molecular complexity index is 669. The Morgan fingerprint density at radius 1 is 1.25 bits per heavy atom. The Labute approximate surface area is 114 Å². The minimum atomic E-state index is -1.13. The summed E-state index contributed by atoms with van der Waals surface area (Å²) in [6.45, 7) is 1.74. The fraction of sp³-hybridized carbons (Fsp3) is 0.0714. The van der Waals surface area contributed by atoms with Gasteiger partial charge < -0.3 is 10.4 Å². The molecule has 0 aliphatic carbocycles. The van der Waals surface area contributed by atoms with Gasteiger partial charge in [0.2, 0.25) is 0 Å². The molecule has 0 bridgehead atoms. The molecule has 0 radical (unpaired) electrons. The number of hydrogen-bond acceptors (Lipinski definition) is 3. The van der Waals surface area contributed by atoms with Crippen molar-refractivity contribution in [2.24, 2.45) is 0 Å². The lowest BCUT2D eigenvalue weighted by Gasteiger charge is -2.06. The fourth-order valence-electron chi connectivity index (χ4n) is 1.56. The van der Waals surface area contributed by atoms with Crippen LogP contribution in [-0.2, 0) is 0 Å². The van der Waals surface area contributed by atoms with E-state index in [0.29, 0.717) is 0 Å². The normalized spacial score (nSPS) is 10.1. The third-order valence-electron chi connectivity index (χ3n) is 2.62. The maximum Gasteiger partial charge on any atom is 0.337 e. The topological polar surface area (TPSA) is 79.3 Å². The molecule has 1 aromatic carbocycles. The van der Waals surface area contributed by atoms with Crippen LogP contribution >= 0.6 is 0 Å². The molecular formula is C14H11FN2O3. The number of anilines is 1. The van der Waals surface area contributed by atoms with Crippen molar-refractivity contribution >= 4 is 17.6 Å². The van der Waals surface area contributed by atoms with E-state index in [-0.39, 0.29) is 16.9 Å². The van der Waals surface area contributed by atoms with E-state index in [1.54, 1.807) is 13.0 Å². The first kappa shape index (κ1) is 13.7. The molecule has 1 aromatic heterocycles. The van der Waals surface area contributed by atoms with Gasteiger partial charge in [-0.05, 0) is 36.8 Å². The first-order chi connectivity index (χ1) is 9.47. The monoisotopic (exact) mass is 274 g/mol. The van der Waals surface area contributed by atoms with Gasteiger partial charge in [0.05, 0.1) is 11.3 Å². The third kappa shape index (κ3) is 2.97. The van der Waals surface area contributed by atoms with Crippen LogP contribution in [-0.4, -0.2) is 22.0 Å². The second-order valence-corrected chi connectivity index (χ2v) is 4.17. The molecule has 0 aliphatic rings. The quantitative estimate of drug-likeness (QED) is 0.901. The summed E-state index contributed by atoms with van der Waals surface area (Å²) in [5.74, 6) is -2.28. The number of benzene rings is 1. The van der Waals surface area contributed by atoms with E-state index < -0.39 is 17.7 Å². The van der Waals surface area contributed by atoms with Crippen LogP contribution < -0.4 is 5.32 Å². The van der Waals surface area contributed by atoms with E-state index in [1.807, 2.05) is 0 Å². The summed E-state index contributed by atoms with van der Waals surface area (Å²) in [4.78, 5) is 26.2. The van der Waals surface area contributed by atoms with Gasteiger partial charge in [-0.2, -0.15) is 0 Å². The summed E-state index contributed by atoms with van der Waals surface area (Å²) < 4.78 is 13.6. The minimum Gasteiger partial charge on any atom is -0.478 e. The molecule has 0 atom stereocenters. The summed E-state index contributed by atoms with van der Waals surface area (Å²) >= 11 is 0. The predicted octanol–water partition coefficient (Wildman–Crippen LogP) is 2.48. The first-order valence-electron chi connectivity index (χ1n) is 5.74. The molecule has 2 N–H and O–H groups in total. The smallest absolute Gasteiger partial charge is 0.337 e. The number of halogens is 1. The Kier molecular flexibility index (Phi) is 3.74. The molecule has 1 heterocycles. The molecule has 6 heteroatoms. The number of aromatic nitrogens is 1. The van der Waals surface area contributed by atoms with Crippen LogP contribution in [0.15, 0.2) is 36.5 Å². The van der Waals surface area contributed by atoms with Gasteiger partial charge in [-0.15, -0.1) is 0 Å². The summed E-state index contributed by atoms with van der Waals surface area (Å²) in [5.41, 5.74) is 0.771. The van der Waals surface area contributed by atoms with Crippen molar-refractivity contribution in [3.8, 4) is 0 Å². The molecule has 2 rings (SSSR count). The van der Waals surface area contributed by atoms with Crippen LogP contribution in [0.3, 0.4) is 0 Å². The molecule has 102 valence electrons. The number of rotatable bonds is 3. The summed E-state index contributed by atoms with van der Waals surface area (Å²) in [6.07, 6.45) is 1.07. The van der Waals surface area contributed by atoms with Crippen molar-refractivity contribution in [2.45, 2.75) is 6.92 Å². The van der Waals surface area contributed by atoms with Crippen LogP contribution in [0.4, 0.5) is 10.1 Å². The number of amides is 1. The van der Waals surface area contributed by atoms with Crippen molar-refractivity contribution in [3.05, 3.63) is 59.2 Å². The zero-order chi connectivity index (χ0) is 14.7. The Balaban J connectivity index is 2.17. The zero-order valence-electron chi connectivity index (χ0n) is 10.6. The first-order valence-corrected chi connectivity index (χ1v) is 5.74. The summed E-state index contributed by atoms with van der Waals surface area (Å²) in [5, 5.41) is 11.1. The number of carbonyl (C=O) groups excluding carboxylic acids is 1. The highest BCUT2D eigenvalue weighted by atomic mass is 19.1. The van der Waals surface area contributed by atoms with Crippen molar-refractivity contribution in [1.82, 2.24) is 4.98 Å². The van der Waals surface area contributed by atoms with Crippen LogP contribution in [0.1, 0.15) is 26.4 Å². The molecule has 0 aliphatic heterocycles. The second-order valence-electron chi connectivity index (χ2n) is 4.17. The lowest BCUT2D eigenvalue weighted by Crippen LogP contribution is -2.15. The molecule has 2 aromatic rings. The van der Waals surface area contributed by atoms with Crippen molar-refractivity contribution < 1.29 is 19.1 Å². The minimum absolute atomic E-state index is 0.00924. The van der Waals surface area contributed by atoms with E-state index >= 15 is 0 Å². The van der Waals surface area contributed by atoms with Gasteiger partial charge in [0.15, 0.2) is 0 Å². The molecule has 0 spiro atoms. The second kappa shape index (κ2) is 5.48. The van der Waals surface area contributed by atoms with Crippen LogP contribution in [0.5, 0.6) is 0 Å².